The number of nitrogens with one attached hydrogen (secondary N) is 1. The van der Waals surface area contributed by atoms with E-state index >= 15 is 0 Å². The highest BCUT2D eigenvalue weighted by molar-refractivity contribution is 5.82. The van der Waals surface area contributed by atoms with Gasteiger partial charge in [-0.1, -0.05) is 31.2 Å². The van der Waals surface area contributed by atoms with E-state index in [1.807, 2.05) is 17.0 Å². The molecule has 0 spiro atoms. The molecule has 2 atom stereocenters. The topological polar surface area (TPSA) is 49.4 Å². The minimum absolute atomic E-state index is 0.110. The first kappa shape index (κ1) is 14.1. The van der Waals surface area contributed by atoms with Crippen LogP contribution in [0.25, 0.3) is 0 Å². The fourth-order valence-electron chi connectivity index (χ4n) is 2.98. The van der Waals surface area contributed by atoms with E-state index in [4.69, 9.17) is 0 Å². The van der Waals surface area contributed by atoms with Crippen LogP contribution < -0.4 is 5.32 Å². The van der Waals surface area contributed by atoms with Crippen LogP contribution in [0.1, 0.15) is 30.9 Å². The van der Waals surface area contributed by atoms with E-state index in [1.165, 1.54) is 11.1 Å². The number of fused-ring (bicyclic) bond motifs is 1. The van der Waals surface area contributed by atoms with Crippen molar-refractivity contribution in [1.29, 1.82) is 0 Å². The summed E-state index contributed by atoms with van der Waals surface area (Å²) in [7, 11) is 0. The van der Waals surface area contributed by atoms with Crippen LogP contribution in [0.15, 0.2) is 24.3 Å². The number of amides is 2. The molecule has 1 heterocycles. The van der Waals surface area contributed by atoms with Gasteiger partial charge in [-0.2, -0.15) is 0 Å². The molecular weight excluding hydrogens is 264 g/mol. The Labute approximate surface area is 125 Å². The molecule has 4 nitrogen and oxygen atoms in total. The van der Waals surface area contributed by atoms with Crippen LogP contribution in [0.3, 0.4) is 0 Å². The molecule has 1 aromatic rings. The lowest BCUT2D eigenvalue weighted by Gasteiger charge is -2.29. The van der Waals surface area contributed by atoms with Gasteiger partial charge >= 0.3 is 0 Å². The van der Waals surface area contributed by atoms with E-state index < -0.39 is 0 Å². The maximum atomic E-state index is 12.2. The number of carbonyl (C=O) groups is 2. The van der Waals surface area contributed by atoms with Crippen LogP contribution in [-0.4, -0.2) is 29.8 Å². The minimum Gasteiger partial charge on any atom is -0.355 e. The van der Waals surface area contributed by atoms with Crippen molar-refractivity contribution < 1.29 is 9.59 Å². The van der Waals surface area contributed by atoms with Gasteiger partial charge in [0, 0.05) is 32.0 Å². The van der Waals surface area contributed by atoms with Crippen LogP contribution in [0, 0.1) is 11.8 Å². The van der Waals surface area contributed by atoms with Gasteiger partial charge in [-0.3, -0.25) is 9.59 Å². The number of hydrogen-bond acceptors (Lipinski definition) is 2. The highest BCUT2D eigenvalue weighted by Crippen LogP contribution is 2.37. The molecule has 1 saturated carbocycles. The average Bonchev–Trinajstić information content (AvgIpc) is 3.23. The Morgan fingerprint density at radius 2 is 2.00 bits per heavy atom. The fraction of sp³-hybridized carbons (Fsp3) is 0.529. The molecular formula is C17H22N2O2. The maximum Gasteiger partial charge on any atom is 0.224 e. The molecule has 1 fully saturated rings. The van der Waals surface area contributed by atoms with Crippen LogP contribution >= 0.6 is 0 Å². The van der Waals surface area contributed by atoms with Gasteiger partial charge in [-0.15, -0.1) is 0 Å². The molecule has 0 radical (unpaired) electrons. The van der Waals surface area contributed by atoms with Crippen molar-refractivity contribution in [2.24, 2.45) is 11.8 Å². The standard InChI is InChI=1S/C17H22N2O2/c1-12-10-15(12)17(21)18-8-6-16(20)19-9-7-13-4-2-3-5-14(13)11-19/h2-5,12,15H,6-11H2,1H3,(H,18,21)/t12-,15+/m1/s1. The van der Waals surface area contributed by atoms with Crippen molar-refractivity contribution in [1.82, 2.24) is 10.2 Å². The van der Waals surface area contributed by atoms with Gasteiger partial charge < -0.3 is 10.2 Å². The Kier molecular flexibility index (Phi) is 3.95. The van der Waals surface area contributed by atoms with Crippen LogP contribution in [0.4, 0.5) is 0 Å². The highest BCUT2D eigenvalue weighted by atomic mass is 16.2. The quantitative estimate of drug-likeness (QED) is 0.916. The molecule has 2 amide bonds. The van der Waals surface area contributed by atoms with Gasteiger partial charge in [0.25, 0.3) is 0 Å². The Hall–Kier alpha value is -1.84. The SMILES string of the molecule is C[C@@H]1C[C@@H]1C(=O)NCCC(=O)N1CCc2ccccc2C1. The second-order valence-corrected chi connectivity index (χ2v) is 6.19. The third-order valence-electron chi connectivity index (χ3n) is 4.57. The Balaban J connectivity index is 1.45. The van der Waals surface area contributed by atoms with Gasteiger partial charge in [0.1, 0.15) is 0 Å². The molecule has 0 saturated heterocycles. The largest absolute Gasteiger partial charge is 0.355 e. The zero-order valence-corrected chi connectivity index (χ0v) is 12.5. The molecule has 4 heteroatoms. The predicted octanol–water partition coefficient (Wildman–Crippen LogP) is 1.73. The zero-order chi connectivity index (χ0) is 14.8. The monoisotopic (exact) mass is 286 g/mol. The molecule has 0 unspecified atom stereocenters. The van der Waals surface area contributed by atoms with Gasteiger partial charge in [0.2, 0.25) is 11.8 Å². The summed E-state index contributed by atoms with van der Waals surface area (Å²) < 4.78 is 0. The fourth-order valence-corrected chi connectivity index (χ4v) is 2.98. The molecule has 1 N–H and O–H groups in total. The zero-order valence-electron chi connectivity index (χ0n) is 12.5. The molecule has 1 aromatic carbocycles. The first-order valence-electron chi connectivity index (χ1n) is 7.77. The van der Waals surface area contributed by atoms with E-state index in [1.54, 1.807) is 0 Å². The van der Waals surface area contributed by atoms with Gasteiger partial charge in [-0.25, -0.2) is 0 Å². The first-order valence-corrected chi connectivity index (χ1v) is 7.77. The van der Waals surface area contributed by atoms with Crippen LogP contribution in [0.2, 0.25) is 0 Å². The summed E-state index contributed by atoms with van der Waals surface area (Å²) in [5.41, 5.74) is 2.59. The number of carbonyl (C=O) groups excluding carboxylic acids is 2. The van der Waals surface area contributed by atoms with E-state index in [0.29, 0.717) is 25.4 Å². The number of rotatable bonds is 4. The smallest absolute Gasteiger partial charge is 0.224 e. The summed E-state index contributed by atoms with van der Waals surface area (Å²) >= 11 is 0. The Bertz CT molecular complexity index is 555. The van der Waals surface area contributed by atoms with Crippen LogP contribution in [0.5, 0.6) is 0 Å². The first-order chi connectivity index (χ1) is 10.1. The lowest BCUT2D eigenvalue weighted by atomic mass is 10.00. The van der Waals surface area contributed by atoms with Gasteiger partial charge in [0.15, 0.2) is 0 Å². The third kappa shape index (κ3) is 3.26. The summed E-state index contributed by atoms with van der Waals surface area (Å²) in [5, 5.41) is 2.88. The molecule has 21 heavy (non-hydrogen) atoms. The van der Waals surface area contributed by atoms with Crippen molar-refractivity contribution in [3.05, 3.63) is 35.4 Å². The molecule has 112 valence electrons. The van der Waals surface area contributed by atoms with E-state index in [9.17, 15) is 9.59 Å². The molecule has 3 rings (SSSR count). The van der Waals surface area contributed by atoms with Crippen molar-refractivity contribution >= 4 is 11.8 Å². The molecule has 0 bridgehead atoms. The number of hydrogen-bond donors (Lipinski definition) is 1. The second kappa shape index (κ2) is 5.88. The minimum atomic E-state index is 0.110. The van der Waals surface area contributed by atoms with E-state index in [0.717, 1.165) is 19.4 Å². The lowest BCUT2D eigenvalue weighted by molar-refractivity contribution is -0.132. The summed E-state index contributed by atoms with van der Waals surface area (Å²) in [6.45, 7) is 4.02. The molecule has 1 aliphatic heterocycles. The van der Waals surface area contributed by atoms with Crippen LogP contribution in [-0.2, 0) is 22.6 Å². The summed E-state index contributed by atoms with van der Waals surface area (Å²) in [4.78, 5) is 25.8. The normalized spacial score (nSPS) is 23.4. The third-order valence-corrected chi connectivity index (χ3v) is 4.57. The van der Waals surface area contributed by atoms with Gasteiger partial charge in [-0.05, 0) is 29.9 Å². The van der Waals surface area contributed by atoms with E-state index in [-0.39, 0.29) is 17.7 Å². The van der Waals surface area contributed by atoms with Crippen molar-refractivity contribution in [3.8, 4) is 0 Å². The predicted molar refractivity (Wildman–Crippen MR) is 80.5 cm³/mol. The van der Waals surface area contributed by atoms with Crippen molar-refractivity contribution in [2.45, 2.75) is 32.7 Å². The molecule has 1 aliphatic carbocycles. The maximum absolute atomic E-state index is 12.2. The number of nitrogens with zero attached hydrogens (tertiary/aromatic N) is 1. The second-order valence-electron chi connectivity index (χ2n) is 6.19. The van der Waals surface area contributed by atoms with E-state index in [2.05, 4.69) is 24.4 Å². The summed E-state index contributed by atoms with van der Waals surface area (Å²) in [5.74, 6) is 0.939. The van der Waals surface area contributed by atoms with Crippen molar-refractivity contribution in [3.63, 3.8) is 0 Å². The lowest BCUT2D eigenvalue weighted by Crippen LogP contribution is -2.38. The molecule has 2 aliphatic rings. The van der Waals surface area contributed by atoms with Crippen molar-refractivity contribution in [2.75, 3.05) is 13.1 Å². The molecule has 0 aromatic heterocycles. The number of benzene rings is 1. The summed E-state index contributed by atoms with van der Waals surface area (Å²) in [6, 6.07) is 8.29. The highest BCUT2D eigenvalue weighted by Gasteiger charge is 2.38. The Morgan fingerprint density at radius 1 is 1.29 bits per heavy atom. The Morgan fingerprint density at radius 3 is 2.71 bits per heavy atom. The van der Waals surface area contributed by atoms with Gasteiger partial charge in [0.05, 0.1) is 0 Å². The summed E-state index contributed by atoms with van der Waals surface area (Å²) in [6.07, 6.45) is 2.31. The average molecular weight is 286 g/mol.